The molecule has 0 saturated heterocycles. The Morgan fingerprint density at radius 3 is 2.60 bits per heavy atom. The van der Waals surface area contributed by atoms with E-state index in [9.17, 15) is 14.9 Å². The van der Waals surface area contributed by atoms with Crippen LogP contribution >= 0.6 is 0 Å². The molecule has 1 aliphatic carbocycles. The zero-order chi connectivity index (χ0) is 21.2. The fourth-order valence-corrected chi connectivity index (χ4v) is 3.35. The quantitative estimate of drug-likeness (QED) is 0.374. The van der Waals surface area contributed by atoms with Crippen LogP contribution < -0.4 is 15.5 Å². The Hall–Kier alpha value is -3.26. The van der Waals surface area contributed by atoms with E-state index in [1.165, 1.54) is 31.4 Å². The number of ether oxygens (including phenoxy) is 1. The van der Waals surface area contributed by atoms with E-state index in [-0.39, 0.29) is 24.7 Å². The predicted octanol–water partition coefficient (Wildman–Crippen LogP) is 3.55. The summed E-state index contributed by atoms with van der Waals surface area (Å²) in [5.41, 5.74) is 4.12. The fraction of sp³-hybridized carbons (Fsp3) is 0.364. The normalized spacial score (nSPS) is 14.5. The van der Waals surface area contributed by atoms with Crippen molar-refractivity contribution in [3.63, 3.8) is 0 Å². The molecule has 1 amide bonds. The first-order valence-corrected chi connectivity index (χ1v) is 10.1. The Bertz CT molecular complexity index is 877. The van der Waals surface area contributed by atoms with Gasteiger partial charge in [0.1, 0.15) is 12.4 Å². The van der Waals surface area contributed by atoms with Crippen LogP contribution in [0.25, 0.3) is 0 Å². The van der Waals surface area contributed by atoms with E-state index in [0.717, 1.165) is 24.0 Å². The second-order valence-corrected chi connectivity index (χ2v) is 7.26. The van der Waals surface area contributed by atoms with Gasteiger partial charge in [-0.15, -0.1) is 0 Å². The van der Waals surface area contributed by atoms with E-state index < -0.39 is 4.92 Å². The average molecular weight is 410 g/mol. The molecule has 8 nitrogen and oxygen atoms in total. The number of non-ortho nitro benzene ring substituents is 1. The molecule has 1 aliphatic rings. The lowest BCUT2D eigenvalue weighted by molar-refractivity contribution is -0.384. The summed E-state index contributed by atoms with van der Waals surface area (Å²) < 4.78 is 5.82. The summed E-state index contributed by atoms with van der Waals surface area (Å²) in [5, 5.41) is 18.0. The van der Waals surface area contributed by atoms with E-state index in [1.807, 2.05) is 18.2 Å². The van der Waals surface area contributed by atoms with Crippen LogP contribution in [0, 0.1) is 10.1 Å². The van der Waals surface area contributed by atoms with E-state index in [2.05, 4.69) is 15.8 Å². The highest BCUT2D eigenvalue weighted by atomic mass is 16.6. The Kier molecular flexibility index (Phi) is 7.91. The van der Waals surface area contributed by atoms with Crippen molar-refractivity contribution in [2.45, 2.75) is 44.8 Å². The smallest absolute Gasteiger partial charge is 0.269 e. The number of nitro groups is 1. The molecule has 3 rings (SSSR count). The molecule has 0 bridgehead atoms. The standard InChI is InChI=1S/C22H26N4O4/c27-22(15-23-19-7-2-1-3-8-19)25-24-14-18-6-4-5-9-21(18)30-16-17-10-12-20(13-11-17)26(28)29/h4-6,9-14,19,23H,1-3,7-8,15-16H2,(H,25,27)/b24-14-. The van der Waals surface area contributed by atoms with Crippen molar-refractivity contribution < 1.29 is 14.5 Å². The first-order valence-electron chi connectivity index (χ1n) is 10.1. The van der Waals surface area contributed by atoms with Crippen LogP contribution in [0.5, 0.6) is 5.75 Å². The number of hydrazone groups is 1. The van der Waals surface area contributed by atoms with Crippen LogP contribution in [0.15, 0.2) is 53.6 Å². The monoisotopic (exact) mass is 410 g/mol. The first kappa shape index (κ1) is 21.4. The second-order valence-electron chi connectivity index (χ2n) is 7.26. The molecule has 8 heteroatoms. The number of benzene rings is 2. The van der Waals surface area contributed by atoms with Crippen LogP contribution in [0.2, 0.25) is 0 Å². The number of carbonyl (C=O) groups is 1. The van der Waals surface area contributed by atoms with E-state index in [0.29, 0.717) is 11.8 Å². The fourth-order valence-electron chi connectivity index (χ4n) is 3.35. The summed E-state index contributed by atoms with van der Waals surface area (Å²) in [5.74, 6) is 0.426. The average Bonchev–Trinajstić information content (AvgIpc) is 2.78. The molecule has 0 spiro atoms. The number of rotatable bonds is 9. The second kappa shape index (κ2) is 11.1. The Morgan fingerprint density at radius 1 is 1.13 bits per heavy atom. The number of hydrogen-bond acceptors (Lipinski definition) is 6. The van der Waals surface area contributed by atoms with Crippen molar-refractivity contribution in [1.82, 2.24) is 10.7 Å². The number of para-hydroxylation sites is 1. The summed E-state index contributed by atoms with van der Waals surface area (Å²) in [4.78, 5) is 22.3. The third-order valence-corrected chi connectivity index (χ3v) is 5.01. The molecular weight excluding hydrogens is 384 g/mol. The van der Waals surface area contributed by atoms with Gasteiger partial charge in [0.15, 0.2) is 0 Å². The van der Waals surface area contributed by atoms with Crippen molar-refractivity contribution in [3.8, 4) is 5.75 Å². The van der Waals surface area contributed by atoms with Gasteiger partial charge in [-0.05, 0) is 42.7 Å². The van der Waals surface area contributed by atoms with Crippen LogP contribution in [-0.4, -0.2) is 29.6 Å². The number of amides is 1. The zero-order valence-corrected chi connectivity index (χ0v) is 16.8. The van der Waals surface area contributed by atoms with Crippen molar-refractivity contribution in [3.05, 3.63) is 69.8 Å². The highest BCUT2D eigenvalue weighted by Crippen LogP contribution is 2.19. The molecule has 2 aromatic rings. The van der Waals surface area contributed by atoms with Gasteiger partial charge >= 0.3 is 0 Å². The molecule has 30 heavy (non-hydrogen) atoms. The topological polar surface area (TPSA) is 106 Å². The Morgan fingerprint density at radius 2 is 1.87 bits per heavy atom. The lowest BCUT2D eigenvalue weighted by atomic mass is 9.95. The molecular formula is C22H26N4O4. The number of nitrogens with one attached hydrogen (secondary N) is 2. The molecule has 158 valence electrons. The molecule has 0 unspecified atom stereocenters. The summed E-state index contributed by atoms with van der Waals surface area (Å²) in [6.45, 7) is 0.515. The highest BCUT2D eigenvalue weighted by molar-refractivity contribution is 5.85. The van der Waals surface area contributed by atoms with Crippen LogP contribution in [-0.2, 0) is 11.4 Å². The SMILES string of the molecule is O=C(CNC1CCCCC1)N/N=C\c1ccccc1OCc1ccc([N+](=O)[O-])cc1. The van der Waals surface area contributed by atoms with E-state index >= 15 is 0 Å². The minimum absolute atomic E-state index is 0.0417. The lowest BCUT2D eigenvalue weighted by Gasteiger charge is -2.22. The molecule has 0 aliphatic heterocycles. The zero-order valence-electron chi connectivity index (χ0n) is 16.8. The largest absolute Gasteiger partial charge is 0.488 e. The van der Waals surface area contributed by atoms with Crippen molar-refractivity contribution in [2.24, 2.45) is 5.10 Å². The maximum atomic E-state index is 12.0. The number of nitrogens with zero attached hydrogens (tertiary/aromatic N) is 2. The Balaban J connectivity index is 1.49. The van der Waals surface area contributed by atoms with E-state index in [4.69, 9.17) is 4.74 Å². The van der Waals surface area contributed by atoms with Crippen molar-refractivity contribution in [1.29, 1.82) is 0 Å². The van der Waals surface area contributed by atoms with Gasteiger partial charge in [-0.3, -0.25) is 14.9 Å². The van der Waals surface area contributed by atoms with Gasteiger partial charge in [0.25, 0.3) is 11.6 Å². The van der Waals surface area contributed by atoms with Gasteiger partial charge in [-0.2, -0.15) is 5.10 Å². The third-order valence-electron chi connectivity index (χ3n) is 5.01. The number of nitro benzene ring substituents is 1. The lowest BCUT2D eigenvalue weighted by Crippen LogP contribution is -2.38. The maximum absolute atomic E-state index is 12.0. The first-order chi connectivity index (χ1) is 14.6. The summed E-state index contributed by atoms with van der Waals surface area (Å²) >= 11 is 0. The van der Waals surface area contributed by atoms with Gasteiger partial charge in [0, 0.05) is 23.7 Å². The van der Waals surface area contributed by atoms with Gasteiger partial charge in [0.05, 0.1) is 17.7 Å². The highest BCUT2D eigenvalue weighted by Gasteiger charge is 2.13. The molecule has 1 fully saturated rings. The maximum Gasteiger partial charge on any atom is 0.269 e. The summed E-state index contributed by atoms with van der Waals surface area (Å²) in [7, 11) is 0. The van der Waals surface area contributed by atoms with E-state index in [1.54, 1.807) is 24.4 Å². The van der Waals surface area contributed by atoms with Crippen LogP contribution in [0.3, 0.4) is 0 Å². The predicted molar refractivity (Wildman–Crippen MR) is 114 cm³/mol. The molecule has 1 saturated carbocycles. The molecule has 2 N–H and O–H groups in total. The van der Waals surface area contributed by atoms with Crippen LogP contribution in [0.4, 0.5) is 5.69 Å². The van der Waals surface area contributed by atoms with Gasteiger partial charge in [0.2, 0.25) is 0 Å². The molecule has 0 atom stereocenters. The molecule has 0 radical (unpaired) electrons. The minimum atomic E-state index is -0.435. The van der Waals surface area contributed by atoms with Gasteiger partial charge < -0.3 is 10.1 Å². The molecule has 0 aromatic heterocycles. The summed E-state index contributed by atoms with van der Waals surface area (Å²) in [6, 6.07) is 14.0. The van der Waals surface area contributed by atoms with Crippen molar-refractivity contribution >= 4 is 17.8 Å². The third kappa shape index (κ3) is 6.66. The summed E-state index contributed by atoms with van der Waals surface area (Å²) in [6.07, 6.45) is 7.50. The van der Waals surface area contributed by atoms with Gasteiger partial charge in [-0.25, -0.2) is 5.43 Å². The van der Waals surface area contributed by atoms with Crippen molar-refractivity contribution in [2.75, 3.05) is 6.54 Å². The molecule has 0 heterocycles. The van der Waals surface area contributed by atoms with Crippen LogP contribution in [0.1, 0.15) is 43.2 Å². The Labute approximate surface area is 175 Å². The number of carbonyl (C=O) groups excluding carboxylic acids is 1. The van der Waals surface area contributed by atoms with Gasteiger partial charge in [-0.1, -0.05) is 31.4 Å². The molecule has 2 aromatic carbocycles. The minimum Gasteiger partial charge on any atom is -0.488 e. The number of hydrogen-bond donors (Lipinski definition) is 2.